The number of aliphatic hydroxyl groups excluding tert-OH is 1. The van der Waals surface area contributed by atoms with Crippen LogP contribution in [-0.2, 0) is 4.74 Å². The summed E-state index contributed by atoms with van der Waals surface area (Å²) in [6.07, 6.45) is 0.781. The molecule has 0 amide bonds. The summed E-state index contributed by atoms with van der Waals surface area (Å²) in [5.41, 5.74) is 5.15. The zero-order valence-electron chi connectivity index (χ0n) is 5.17. The first-order valence-corrected chi connectivity index (χ1v) is 2.74. The maximum Gasteiger partial charge on any atom is 0.0669 e. The second-order valence-corrected chi connectivity index (χ2v) is 2.32. The van der Waals surface area contributed by atoms with Crippen LogP contribution in [0.2, 0.25) is 0 Å². The van der Waals surface area contributed by atoms with E-state index in [0.717, 1.165) is 6.42 Å². The van der Waals surface area contributed by atoms with Crippen LogP contribution in [0.4, 0.5) is 0 Å². The molecule has 1 aliphatic rings. The van der Waals surface area contributed by atoms with Crippen LogP contribution in [0, 0.1) is 0 Å². The normalized spacial score (nSPS) is 34.0. The second kappa shape index (κ2) is 3.37. The van der Waals surface area contributed by atoms with Crippen molar-refractivity contribution in [3.05, 3.63) is 0 Å². The number of hydrogen-bond donors (Lipinski definition) is 2. The molecule has 0 aromatic carbocycles. The van der Waals surface area contributed by atoms with Crippen molar-refractivity contribution in [1.29, 1.82) is 0 Å². The van der Waals surface area contributed by atoms with Gasteiger partial charge in [-0.1, -0.05) is 0 Å². The van der Waals surface area contributed by atoms with Crippen molar-refractivity contribution in [3.63, 3.8) is 0 Å². The lowest BCUT2D eigenvalue weighted by Crippen LogP contribution is -2.43. The first-order chi connectivity index (χ1) is 3.77. The van der Waals surface area contributed by atoms with E-state index in [2.05, 4.69) is 0 Å². The van der Waals surface area contributed by atoms with Gasteiger partial charge in [0.05, 0.1) is 18.8 Å². The molecule has 0 aromatic heterocycles. The second-order valence-electron chi connectivity index (χ2n) is 2.32. The van der Waals surface area contributed by atoms with Gasteiger partial charge < -0.3 is 15.6 Å². The minimum atomic E-state index is -0.431. The quantitative estimate of drug-likeness (QED) is 0.535. The minimum Gasteiger partial charge on any atom is -0.394 e. The van der Waals surface area contributed by atoms with Crippen LogP contribution < -0.4 is 5.73 Å². The highest BCUT2D eigenvalue weighted by Crippen LogP contribution is 2.13. The maximum atomic E-state index is 8.62. The van der Waals surface area contributed by atoms with E-state index in [1.165, 1.54) is 0 Å². The summed E-state index contributed by atoms with van der Waals surface area (Å²) in [4.78, 5) is 0. The molecule has 0 aromatic rings. The highest BCUT2D eigenvalue weighted by molar-refractivity contribution is 5.85. The molecule has 9 heavy (non-hydrogen) atoms. The fourth-order valence-electron chi connectivity index (χ4n) is 0.748. The van der Waals surface area contributed by atoms with Crippen LogP contribution in [-0.4, -0.2) is 30.5 Å². The Morgan fingerprint density at radius 1 is 1.67 bits per heavy atom. The molecule has 0 saturated carbocycles. The first-order valence-electron chi connectivity index (χ1n) is 2.74. The lowest BCUT2D eigenvalue weighted by atomic mass is 10.0. The van der Waals surface area contributed by atoms with E-state index < -0.39 is 5.54 Å². The van der Waals surface area contributed by atoms with Crippen molar-refractivity contribution in [1.82, 2.24) is 0 Å². The summed E-state index contributed by atoms with van der Waals surface area (Å²) in [5.74, 6) is 0. The molecule has 1 heterocycles. The number of aliphatic hydroxyl groups is 1. The fraction of sp³-hybridized carbons (Fsp3) is 1.00. The predicted molar refractivity (Wildman–Crippen MR) is 36.7 cm³/mol. The zero-order valence-corrected chi connectivity index (χ0v) is 5.99. The molecule has 1 saturated heterocycles. The molecule has 0 radical (unpaired) electrons. The van der Waals surface area contributed by atoms with E-state index in [1.807, 2.05) is 0 Å². The summed E-state index contributed by atoms with van der Waals surface area (Å²) < 4.78 is 4.97. The highest BCUT2D eigenvalue weighted by Gasteiger charge is 2.28. The molecule has 1 atom stereocenters. The number of nitrogens with two attached hydrogens (primary N) is 1. The van der Waals surface area contributed by atoms with Gasteiger partial charge in [0.1, 0.15) is 0 Å². The van der Waals surface area contributed by atoms with Crippen molar-refractivity contribution in [2.45, 2.75) is 12.0 Å². The smallest absolute Gasteiger partial charge is 0.0669 e. The van der Waals surface area contributed by atoms with E-state index >= 15 is 0 Å². The Hall–Kier alpha value is 0.170. The van der Waals surface area contributed by atoms with E-state index in [4.69, 9.17) is 15.6 Å². The standard InChI is InChI=1S/C5H11NO2.ClH/c6-5(3-7)1-2-8-4-5;/h7H,1-4,6H2;1H. The van der Waals surface area contributed by atoms with Crippen molar-refractivity contribution >= 4 is 12.4 Å². The van der Waals surface area contributed by atoms with E-state index in [-0.39, 0.29) is 19.0 Å². The Morgan fingerprint density at radius 3 is 2.56 bits per heavy atom. The Bertz CT molecular complexity index is 83.0. The molecule has 4 heteroatoms. The molecule has 0 aliphatic carbocycles. The number of hydrogen-bond acceptors (Lipinski definition) is 3. The molecule has 0 spiro atoms. The van der Waals surface area contributed by atoms with Crippen molar-refractivity contribution in [3.8, 4) is 0 Å². The van der Waals surface area contributed by atoms with E-state index in [1.54, 1.807) is 0 Å². The molecule has 1 rings (SSSR count). The van der Waals surface area contributed by atoms with E-state index in [9.17, 15) is 0 Å². The van der Waals surface area contributed by atoms with Crippen LogP contribution in [0.1, 0.15) is 6.42 Å². The van der Waals surface area contributed by atoms with Crippen LogP contribution >= 0.6 is 12.4 Å². The molecule has 0 bridgehead atoms. The van der Waals surface area contributed by atoms with Crippen molar-refractivity contribution in [2.75, 3.05) is 19.8 Å². The van der Waals surface area contributed by atoms with Crippen LogP contribution in [0.15, 0.2) is 0 Å². The van der Waals surface area contributed by atoms with Gasteiger partial charge in [0.15, 0.2) is 0 Å². The number of halogens is 1. The summed E-state index contributed by atoms with van der Waals surface area (Å²) in [5, 5.41) is 8.62. The third-order valence-corrected chi connectivity index (χ3v) is 1.45. The molecule has 56 valence electrons. The average Bonchev–Trinajstić information content (AvgIpc) is 2.17. The molecule has 1 fully saturated rings. The lowest BCUT2D eigenvalue weighted by Gasteiger charge is -2.16. The fourth-order valence-corrected chi connectivity index (χ4v) is 0.748. The van der Waals surface area contributed by atoms with E-state index in [0.29, 0.717) is 13.2 Å². The Morgan fingerprint density at radius 2 is 2.33 bits per heavy atom. The van der Waals surface area contributed by atoms with Gasteiger partial charge in [0.2, 0.25) is 0 Å². The van der Waals surface area contributed by atoms with Gasteiger partial charge in [-0.25, -0.2) is 0 Å². The van der Waals surface area contributed by atoms with Gasteiger partial charge in [-0.2, -0.15) is 0 Å². The van der Waals surface area contributed by atoms with Gasteiger partial charge in [-0.15, -0.1) is 12.4 Å². The maximum absolute atomic E-state index is 8.62. The van der Waals surface area contributed by atoms with Gasteiger partial charge in [-0.05, 0) is 6.42 Å². The highest BCUT2D eigenvalue weighted by atomic mass is 35.5. The van der Waals surface area contributed by atoms with Crippen molar-refractivity contribution < 1.29 is 9.84 Å². The molecular formula is C5H12ClNO2. The van der Waals surface area contributed by atoms with Gasteiger partial charge >= 0.3 is 0 Å². The molecule has 3 N–H and O–H groups in total. The largest absolute Gasteiger partial charge is 0.394 e. The third kappa shape index (κ3) is 2.10. The lowest BCUT2D eigenvalue weighted by molar-refractivity contribution is 0.143. The monoisotopic (exact) mass is 153 g/mol. The molecule has 1 aliphatic heterocycles. The molecular weight excluding hydrogens is 142 g/mol. The number of ether oxygens (including phenoxy) is 1. The SMILES string of the molecule is Cl.NC1(CO)CCOC1. The number of rotatable bonds is 1. The van der Waals surface area contributed by atoms with Gasteiger partial charge in [0, 0.05) is 6.61 Å². The Kier molecular flexibility index (Phi) is 3.43. The molecule has 1 unspecified atom stereocenters. The topological polar surface area (TPSA) is 55.5 Å². The third-order valence-electron chi connectivity index (χ3n) is 1.45. The van der Waals surface area contributed by atoms with Crippen LogP contribution in [0.25, 0.3) is 0 Å². The average molecular weight is 154 g/mol. The van der Waals surface area contributed by atoms with Gasteiger partial charge in [0.25, 0.3) is 0 Å². The van der Waals surface area contributed by atoms with Crippen LogP contribution in [0.5, 0.6) is 0 Å². The van der Waals surface area contributed by atoms with Gasteiger partial charge in [-0.3, -0.25) is 0 Å². The Labute approximate surface area is 60.6 Å². The minimum absolute atomic E-state index is 0. The van der Waals surface area contributed by atoms with Crippen LogP contribution in [0.3, 0.4) is 0 Å². The predicted octanol–water partition coefficient (Wildman–Crippen LogP) is -0.482. The summed E-state index contributed by atoms with van der Waals surface area (Å²) in [7, 11) is 0. The molecule has 3 nitrogen and oxygen atoms in total. The Balaban J connectivity index is 0.000000640. The summed E-state index contributed by atoms with van der Waals surface area (Å²) >= 11 is 0. The first kappa shape index (κ1) is 9.17. The summed E-state index contributed by atoms with van der Waals surface area (Å²) in [6, 6.07) is 0. The zero-order chi connectivity index (χ0) is 6.04. The summed E-state index contributed by atoms with van der Waals surface area (Å²) in [6.45, 7) is 1.23. The van der Waals surface area contributed by atoms with Crippen molar-refractivity contribution in [2.24, 2.45) is 5.73 Å².